The second-order valence-electron chi connectivity index (χ2n) is 27.8. The minimum Gasteiger partial charge on any atom is -0.394 e. The van der Waals surface area contributed by atoms with Crippen LogP contribution in [0.3, 0.4) is 0 Å². The lowest BCUT2D eigenvalue weighted by atomic mass is 9.96. The van der Waals surface area contributed by atoms with Gasteiger partial charge < -0.3 is 89.9 Å². The molecule has 17 unspecified atom stereocenters. The largest absolute Gasteiger partial charge is 0.394 e. The molecule has 3 saturated heterocycles. The molecule has 3 fully saturated rings. The van der Waals surface area contributed by atoms with Gasteiger partial charge in [-0.05, 0) is 96.3 Å². The number of unbranched alkanes of at least 4 members (excludes halogenated alkanes) is 23. The van der Waals surface area contributed by atoms with Gasteiger partial charge in [0, 0.05) is 6.42 Å². The van der Waals surface area contributed by atoms with Crippen LogP contribution >= 0.6 is 0 Å². The van der Waals surface area contributed by atoms with Crippen molar-refractivity contribution in [3.05, 3.63) is 134 Å². The van der Waals surface area contributed by atoms with Crippen molar-refractivity contribution >= 4 is 5.91 Å². The molecule has 3 aliphatic rings. The highest BCUT2D eigenvalue weighted by molar-refractivity contribution is 5.76. The summed E-state index contributed by atoms with van der Waals surface area (Å²) in [4.78, 5) is 13.5. The summed E-state index contributed by atoms with van der Waals surface area (Å²) in [5, 5.41) is 121. The zero-order valence-corrected chi connectivity index (χ0v) is 63.0. The fourth-order valence-electron chi connectivity index (χ4n) is 12.6. The number of ether oxygens (including phenoxy) is 6. The molecule has 12 N–H and O–H groups in total. The van der Waals surface area contributed by atoms with E-state index in [1.165, 1.54) is 96.3 Å². The number of nitrogens with one attached hydrogen (secondary N) is 1. The van der Waals surface area contributed by atoms with Crippen molar-refractivity contribution in [2.75, 3.05) is 26.4 Å². The van der Waals surface area contributed by atoms with Gasteiger partial charge in [0.2, 0.25) is 5.91 Å². The molecule has 3 aliphatic heterocycles. The van der Waals surface area contributed by atoms with Crippen molar-refractivity contribution in [3.8, 4) is 0 Å². The molecular weight excluding hydrogens is 1310 g/mol. The molecule has 0 radical (unpaired) electrons. The normalized spacial score (nSPS) is 26.8. The summed E-state index contributed by atoms with van der Waals surface area (Å²) in [6, 6.07) is -0.909. The maximum atomic E-state index is 13.5. The van der Waals surface area contributed by atoms with E-state index >= 15 is 0 Å². The Labute approximate surface area is 620 Å². The van der Waals surface area contributed by atoms with Crippen molar-refractivity contribution in [2.24, 2.45) is 0 Å². The van der Waals surface area contributed by atoms with E-state index < -0.39 is 124 Å². The van der Waals surface area contributed by atoms with Crippen LogP contribution in [0, 0.1) is 0 Å². The third kappa shape index (κ3) is 42.9. The van der Waals surface area contributed by atoms with Crippen LogP contribution in [0.2, 0.25) is 0 Å². The highest BCUT2D eigenvalue weighted by Gasteiger charge is 2.54. The smallest absolute Gasteiger partial charge is 0.220 e. The Morgan fingerprint density at radius 2 is 0.670 bits per heavy atom. The minimum atomic E-state index is -1.98. The molecule has 0 aromatic rings. The van der Waals surface area contributed by atoms with E-state index in [1.807, 2.05) is 0 Å². The molecule has 0 bridgehead atoms. The maximum Gasteiger partial charge on any atom is 0.220 e. The molecule has 103 heavy (non-hydrogen) atoms. The number of rotatable bonds is 61. The van der Waals surface area contributed by atoms with Crippen LogP contribution in [0.5, 0.6) is 0 Å². The fraction of sp³-hybridized carbons (Fsp3) is 0.726. The molecule has 0 saturated carbocycles. The number of aliphatic hydroxyl groups is 11. The number of carbonyl (C=O) groups is 1. The Kier molecular flexibility index (Phi) is 56.9. The SMILES string of the molecule is CC/C=C\C/C=C\C/C=C\C/C=C\C/C=C\C/C=C\C/C=C\C/C=C\C/C=C\C/C=C\C/C=C\CCCCCCCC(=O)NC(COC1OC(CO)C(OC2OC(CO)C(OC3OC(CO)C(O)C(O)C3O)C(O)C2O)C(O)C1O)C(O)CCCCCCCCCCCCCCCCCCCCC. The van der Waals surface area contributed by atoms with Crippen LogP contribution in [0.1, 0.15) is 258 Å². The zero-order chi connectivity index (χ0) is 74.6. The number of carbonyl (C=O) groups excluding carboxylic acids is 1. The van der Waals surface area contributed by atoms with Gasteiger partial charge in [-0.3, -0.25) is 4.79 Å². The predicted molar refractivity (Wildman–Crippen MR) is 410 cm³/mol. The first-order valence-corrected chi connectivity index (χ1v) is 39.9. The molecule has 0 aromatic heterocycles. The first kappa shape index (κ1) is 93.1. The number of hydrogen-bond acceptors (Lipinski definition) is 18. The van der Waals surface area contributed by atoms with E-state index in [9.17, 15) is 61.0 Å². The zero-order valence-electron chi connectivity index (χ0n) is 63.0. The number of hydrogen-bond donors (Lipinski definition) is 12. The van der Waals surface area contributed by atoms with Crippen LogP contribution in [-0.4, -0.2) is 193 Å². The minimum absolute atomic E-state index is 0.236. The van der Waals surface area contributed by atoms with Crippen LogP contribution in [0.4, 0.5) is 0 Å². The van der Waals surface area contributed by atoms with E-state index in [0.29, 0.717) is 12.8 Å². The Morgan fingerprint density at radius 1 is 0.359 bits per heavy atom. The summed E-state index contributed by atoms with van der Waals surface area (Å²) in [6.07, 6.45) is 62.4. The first-order valence-electron chi connectivity index (χ1n) is 39.9. The van der Waals surface area contributed by atoms with E-state index in [-0.39, 0.29) is 18.9 Å². The molecule has 19 heteroatoms. The van der Waals surface area contributed by atoms with E-state index in [0.717, 1.165) is 128 Å². The standard InChI is InChI=1S/C84H141NO18/c1-3-5-7-9-11-13-15-17-19-21-23-24-25-26-27-28-29-30-31-32-33-34-35-36-37-38-39-40-41-42-44-46-48-50-52-54-56-58-60-62-72(90)85-67(68(89)61-59-57-55-53-51-49-47-45-43-22-20-18-16-14-12-10-8-6-4-2)66-98-82-78(96)75(93)80(70(64-87)100-82)103-84-79(97)76(94)81(71(65-88)101-84)102-83-77(95)74(92)73(91)69(63-86)99-83/h5,7,11,13,17,19,23-24,26-27,29-30,32-33,35-36,38-39,41-42,46,48,67-71,73-84,86-89,91-97H,3-4,6,8-10,12,14-16,18,20-22,25,28,31,34,37,40,43-45,47,49-66H2,1-2H3,(H,85,90)/b7-5-,13-11-,19-17-,24-23-,27-26-,30-29-,33-32-,36-35-,39-38-,42-41-,48-46-. The van der Waals surface area contributed by atoms with Crippen LogP contribution in [0.15, 0.2) is 134 Å². The van der Waals surface area contributed by atoms with E-state index in [4.69, 9.17) is 28.4 Å². The number of aliphatic hydroxyl groups excluding tert-OH is 11. The molecule has 17 atom stereocenters. The van der Waals surface area contributed by atoms with Crippen molar-refractivity contribution < 1.29 is 89.4 Å². The number of amides is 1. The van der Waals surface area contributed by atoms with E-state index in [2.05, 4.69) is 153 Å². The Balaban J connectivity index is 1.36. The van der Waals surface area contributed by atoms with Gasteiger partial charge >= 0.3 is 0 Å². The van der Waals surface area contributed by atoms with Gasteiger partial charge in [-0.25, -0.2) is 0 Å². The lowest BCUT2D eigenvalue weighted by Crippen LogP contribution is -2.66. The van der Waals surface area contributed by atoms with Gasteiger partial charge in [-0.2, -0.15) is 0 Å². The van der Waals surface area contributed by atoms with Gasteiger partial charge in [-0.15, -0.1) is 0 Å². The molecule has 0 spiro atoms. The second-order valence-corrected chi connectivity index (χ2v) is 27.8. The molecule has 1 amide bonds. The average Bonchev–Trinajstić information content (AvgIpc) is 0.781. The molecule has 0 aliphatic carbocycles. The number of allylic oxidation sites excluding steroid dienone is 22. The van der Waals surface area contributed by atoms with E-state index in [1.54, 1.807) is 0 Å². The summed E-state index contributed by atoms with van der Waals surface area (Å²) in [5.41, 5.74) is 0. The average molecular weight is 1450 g/mol. The van der Waals surface area contributed by atoms with Crippen LogP contribution in [0.25, 0.3) is 0 Å². The Hall–Kier alpha value is -4.07. The summed E-state index contributed by atoms with van der Waals surface area (Å²) in [7, 11) is 0. The van der Waals surface area contributed by atoms with Gasteiger partial charge in [-0.1, -0.05) is 289 Å². The van der Waals surface area contributed by atoms with Crippen LogP contribution < -0.4 is 5.32 Å². The highest BCUT2D eigenvalue weighted by atomic mass is 16.8. The molecule has 3 rings (SSSR count). The third-order valence-electron chi connectivity index (χ3n) is 19.0. The van der Waals surface area contributed by atoms with Crippen molar-refractivity contribution in [1.82, 2.24) is 5.32 Å². The van der Waals surface area contributed by atoms with Gasteiger partial charge in [0.15, 0.2) is 18.9 Å². The maximum absolute atomic E-state index is 13.5. The molecule has 3 heterocycles. The highest BCUT2D eigenvalue weighted by Crippen LogP contribution is 2.33. The van der Waals surface area contributed by atoms with Crippen molar-refractivity contribution in [1.29, 1.82) is 0 Å². The first-order chi connectivity index (χ1) is 50.3. The van der Waals surface area contributed by atoms with Crippen molar-refractivity contribution in [2.45, 2.75) is 362 Å². The van der Waals surface area contributed by atoms with Gasteiger partial charge in [0.05, 0.1) is 38.6 Å². The summed E-state index contributed by atoms with van der Waals surface area (Å²) < 4.78 is 34.5. The topological polar surface area (TPSA) is 307 Å². The molecule has 590 valence electrons. The summed E-state index contributed by atoms with van der Waals surface area (Å²) in [6.45, 7) is 1.67. The molecular formula is C84H141NO18. The van der Waals surface area contributed by atoms with Crippen molar-refractivity contribution in [3.63, 3.8) is 0 Å². The van der Waals surface area contributed by atoms with Crippen LogP contribution in [-0.2, 0) is 33.2 Å². The monoisotopic (exact) mass is 1450 g/mol. The Bertz CT molecular complexity index is 2380. The predicted octanol–water partition coefficient (Wildman–Crippen LogP) is 13.3. The summed E-state index contributed by atoms with van der Waals surface area (Å²) in [5.74, 6) is -0.265. The lowest BCUT2D eigenvalue weighted by Gasteiger charge is -2.48. The van der Waals surface area contributed by atoms with Gasteiger partial charge in [0.25, 0.3) is 0 Å². The quantitative estimate of drug-likeness (QED) is 0.0199. The molecule has 19 nitrogen and oxygen atoms in total. The summed E-state index contributed by atoms with van der Waals surface area (Å²) >= 11 is 0. The Morgan fingerprint density at radius 3 is 1.05 bits per heavy atom. The lowest BCUT2D eigenvalue weighted by molar-refractivity contribution is -0.379. The van der Waals surface area contributed by atoms with Gasteiger partial charge in [0.1, 0.15) is 73.2 Å². The second kappa shape index (κ2) is 62.9. The molecule has 0 aromatic carbocycles. The third-order valence-corrected chi connectivity index (χ3v) is 19.0. The fourth-order valence-corrected chi connectivity index (χ4v) is 12.6.